The van der Waals surface area contributed by atoms with Crippen molar-refractivity contribution in [2.45, 2.75) is 19.4 Å². The highest BCUT2D eigenvalue weighted by molar-refractivity contribution is 6.31. The van der Waals surface area contributed by atoms with Crippen LogP contribution < -0.4 is 5.73 Å². The summed E-state index contributed by atoms with van der Waals surface area (Å²) in [6.45, 7) is 1.65. The van der Waals surface area contributed by atoms with Crippen molar-refractivity contribution >= 4 is 40.1 Å². The van der Waals surface area contributed by atoms with Crippen LogP contribution >= 0.6 is 23.2 Å². The van der Waals surface area contributed by atoms with E-state index in [1.54, 1.807) is 11.5 Å². The maximum atomic E-state index is 13.4. The normalized spacial score (nSPS) is 12.8. The van der Waals surface area contributed by atoms with Gasteiger partial charge in [-0.3, -0.25) is 4.79 Å². The van der Waals surface area contributed by atoms with Crippen LogP contribution in [0.25, 0.3) is 11.0 Å². The standard InChI is InChI=1S/C12H12Cl2FN3O/c1-6(12(16)19)18-10-4-7(14)8(15)5-9(10)17-11(18)2-3-13/h4-6H,2-3H2,1H3,(H2,16,19). The largest absolute Gasteiger partial charge is 0.368 e. The van der Waals surface area contributed by atoms with Crippen LogP contribution in [0.2, 0.25) is 5.02 Å². The lowest BCUT2D eigenvalue weighted by Crippen LogP contribution is -2.25. The predicted octanol–water partition coefficient (Wildman–Crippen LogP) is 2.66. The van der Waals surface area contributed by atoms with E-state index in [-0.39, 0.29) is 5.02 Å². The van der Waals surface area contributed by atoms with Gasteiger partial charge in [-0.25, -0.2) is 9.37 Å². The average molecular weight is 304 g/mol. The van der Waals surface area contributed by atoms with E-state index in [0.29, 0.717) is 29.2 Å². The van der Waals surface area contributed by atoms with Crippen LogP contribution in [0.5, 0.6) is 0 Å². The van der Waals surface area contributed by atoms with Crippen molar-refractivity contribution in [2.75, 3.05) is 5.88 Å². The summed E-state index contributed by atoms with van der Waals surface area (Å²) in [6.07, 6.45) is 0.451. The third kappa shape index (κ3) is 2.53. The Labute approximate surface area is 119 Å². The SMILES string of the molecule is CC(C(N)=O)n1c(CCCl)nc2cc(F)c(Cl)cc21. The number of nitrogens with zero attached hydrogens (tertiary/aromatic N) is 2. The highest BCUT2D eigenvalue weighted by atomic mass is 35.5. The van der Waals surface area contributed by atoms with Gasteiger partial charge >= 0.3 is 0 Å². The van der Waals surface area contributed by atoms with Gasteiger partial charge in [0.25, 0.3) is 0 Å². The maximum absolute atomic E-state index is 13.4. The molecule has 0 aliphatic carbocycles. The van der Waals surface area contributed by atoms with Crippen LogP contribution in [0.15, 0.2) is 12.1 Å². The smallest absolute Gasteiger partial charge is 0.240 e. The van der Waals surface area contributed by atoms with Crippen molar-refractivity contribution in [1.29, 1.82) is 0 Å². The molecule has 2 rings (SSSR count). The summed E-state index contributed by atoms with van der Waals surface area (Å²) in [5.41, 5.74) is 6.32. The van der Waals surface area contributed by atoms with E-state index < -0.39 is 17.8 Å². The quantitative estimate of drug-likeness (QED) is 0.883. The first-order valence-corrected chi connectivity index (χ1v) is 6.58. The van der Waals surface area contributed by atoms with Crippen molar-refractivity contribution in [3.8, 4) is 0 Å². The lowest BCUT2D eigenvalue weighted by molar-refractivity contribution is -0.120. The molecule has 1 aromatic heterocycles. The first-order valence-electron chi connectivity index (χ1n) is 5.66. The average Bonchev–Trinajstić information content (AvgIpc) is 2.66. The van der Waals surface area contributed by atoms with Gasteiger partial charge in [-0.15, -0.1) is 11.6 Å². The van der Waals surface area contributed by atoms with Gasteiger partial charge in [0, 0.05) is 18.4 Å². The Kier molecular flexibility index (Phi) is 3.96. The molecule has 4 nitrogen and oxygen atoms in total. The number of nitrogens with two attached hydrogens (primary N) is 1. The summed E-state index contributed by atoms with van der Waals surface area (Å²) in [5, 5.41) is -0.0252. The zero-order valence-corrected chi connectivity index (χ0v) is 11.7. The zero-order chi connectivity index (χ0) is 14.2. The van der Waals surface area contributed by atoms with E-state index in [1.165, 1.54) is 12.1 Å². The molecule has 1 aromatic carbocycles. The first kappa shape index (κ1) is 14.1. The van der Waals surface area contributed by atoms with Crippen molar-refractivity contribution in [3.05, 3.63) is 28.8 Å². The minimum Gasteiger partial charge on any atom is -0.368 e. The van der Waals surface area contributed by atoms with Crippen LogP contribution in [-0.4, -0.2) is 21.3 Å². The van der Waals surface area contributed by atoms with E-state index in [2.05, 4.69) is 4.98 Å². The van der Waals surface area contributed by atoms with E-state index in [9.17, 15) is 9.18 Å². The van der Waals surface area contributed by atoms with Crippen LogP contribution in [0, 0.1) is 5.82 Å². The minimum absolute atomic E-state index is 0.0252. The number of halogens is 3. The number of alkyl halides is 1. The number of aromatic nitrogens is 2. The number of benzene rings is 1. The second-order valence-electron chi connectivity index (χ2n) is 4.17. The molecule has 1 heterocycles. The van der Waals surface area contributed by atoms with Gasteiger partial charge in [0.2, 0.25) is 5.91 Å². The molecule has 7 heteroatoms. The lowest BCUT2D eigenvalue weighted by atomic mass is 10.2. The monoisotopic (exact) mass is 303 g/mol. The number of hydrogen-bond donors (Lipinski definition) is 1. The molecule has 0 aliphatic heterocycles. The summed E-state index contributed by atoms with van der Waals surface area (Å²) in [5.74, 6) is -0.137. The number of hydrogen-bond acceptors (Lipinski definition) is 2. The lowest BCUT2D eigenvalue weighted by Gasteiger charge is -2.14. The van der Waals surface area contributed by atoms with Gasteiger partial charge in [0.15, 0.2) is 0 Å². The molecule has 102 valence electrons. The van der Waals surface area contributed by atoms with E-state index >= 15 is 0 Å². The highest BCUT2D eigenvalue weighted by Crippen LogP contribution is 2.27. The molecule has 2 aromatic rings. The van der Waals surface area contributed by atoms with Crippen molar-refractivity contribution in [1.82, 2.24) is 9.55 Å². The summed E-state index contributed by atoms with van der Waals surface area (Å²) < 4.78 is 15.1. The van der Waals surface area contributed by atoms with Crippen LogP contribution in [0.4, 0.5) is 4.39 Å². The molecule has 0 saturated heterocycles. The second kappa shape index (κ2) is 5.35. The molecule has 2 N–H and O–H groups in total. The van der Waals surface area contributed by atoms with E-state index in [0.717, 1.165) is 0 Å². The summed E-state index contributed by atoms with van der Waals surface area (Å²) in [6, 6.07) is 2.07. The maximum Gasteiger partial charge on any atom is 0.240 e. The number of imidazole rings is 1. The Hall–Kier alpha value is -1.33. The van der Waals surface area contributed by atoms with Gasteiger partial charge in [0.1, 0.15) is 17.7 Å². The molecule has 0 saturated carbocycles. The minimum atomic E-state index is -0.607. The fraction of sp³-hybridized carbons (Fsp3) is 0.333. The van der Waals surface area contributed by atoms with E-state index in [1.807, 2.05) is 0 Å². The molecule has 1 amide bonds. The first-order chi connectivity index (χ1) is 8.95. The zero-order valence-electron chi connectivity index (χ0n) is 10.2. The van der Waals surface area contributed by atoms with Gasteiger partial charge in [-0.1, -0.05) is 11.6 Å². The Morgan fingerprint density at radius 2 is 2.26 bits per heavy atom. The third-order valence-corrected chi connectivity index (χ3v) is 3.40. The van der Waals surface area contributed by atoms with Gasteiger partial charge in [-0.05, 0) is 13.0 Å². The van der Waals surface area contributed by atoms with Crippen LogP contribution in [-0.2, 0) is 11.2 Å². The van der Waals surface area contributed by atoms with Crippen LogP contribution in [0.3, 0.4) is 0 Å². The Morgan fingerprint density at radius 1 is 1.58 bits per heavy atom. The molecular weight excluding hydrogens is 292 g/mol. The van der Waals surface area contributed by atoms with E-state index in [4.69, 9.17) is 28.9 Å². The second-order valence-corrected chi connectivity index (χ2v) is 4.96. The fourth-order valence-corrected chi connectivity index (χ4v) is 2.29. The molecule has 0 aliphatic rings. The summed E-state index contributed by atoms with van der Waals surface area (Å²) in [4.78, 5) is 15.7. The molecule has 19 heavy (non-hydrogen) atoms. The topological polar surface area (TPSA) is 60.9 Å². The number of carbonyl (C=O) groups excluding carboxylic acids is 1. The summed E-state index contributed by atoms with van der Waals surface area (Å²) in [7, 11) is 0. The number of primary amides is 1. The Balaban J connectivity index is 2.72. The molecule has 0 bridgehead atoms. The molecule has 1 unspecified atom stereocenters. The summed E-state index contributed by atoms with van der Waals surface area (Å²) >= 11 is 11.5. The highest BCUT2D eigenvalue weighted by Gasteiger charge is 2.20. The van der Waals surface area contributed by atoms with Crippen LogP contribution in [0.1, 0.15) is 18.8 Å². The third-order valence-electron chi connectivity index (χ3n) is 2.92. The van der Waals surface area contributed by atoms with Gasteiger partial charge < -0.3 is 10.3 Å². The molecule has 0 fully saturated rings. The Morgan fingerprint density at radius 3 is 2.84 bits per heavy atom. The number of rotatable bonds is 4. The Bertz CT molecular complexity index is 641. The fourth-order valence-electron chi connectivity index (χ4n) is 1.96. The molecular formula is C12H12Cl2FN3O. The number of aryl methyl sites for hydroxylation is 1. The molecule has 0 radical (unpaired) electrons. The molecule has 0 spiro atoms. The van der Waals surface area contributed by atoms with Gasteiger partial charge in [0.05, 0.1) is 16.1 Å². The number of amides is 1. The van der Waals surface area contributed by atoms with Crippen molar-refractivity contribution < 1.29 is 9.18 Å². The van der Waals surface area contributed by atoms with Crippen molar-refractivity contribution in [2.24, 2.45) is 5.73 Å². The molecule has 1 atom stereocenters. The number of fused-ring (bicyclic) bond motifs is 1. The van der Waals surface area contributed by atoms with Gasteiger partial charge in [-0.2, -0.15) is 0 Å². The number of carbonyl (C=O) groups is 1. The predicted molar refractivity (Wildman–Crippen MR) is 73.0 cm³/mol. The van der Waals surface area contributed by atoms with Crippen molar-refractivity contribution in [3.63, 3.8) is 0 Å².